The van der Waals surface area contributed by atoms with Crippen LogP contribution in [0.5, 0.6) is 11.5 Å². The van der Waals surface area contributed by atoms with Crippen LogP contribution < -0.4 is 10.1 Å². The van der Waals surface area contributed by atoms with Gasteiger partial charge in [-0.25, -0.2) is 0 Å². The number of benzene rings is 2. The van der Waals surface area contributed by atoms with Crippen LogP contribution in [0.1, 0.15) is 18.4 Å². The number of phenolic OH excluding ortho intramolecular Hbond substituents is 1. The lowest BCUT2D eigenvalue weighted by Gasteiger charge is -2.31. The first-order valence-electron chi connectivity index (χ1n) is 10.8. The molecule has 32 heavy (non-hydrogen) atoms. The first-order valence-corrected chi connectivity index (χ1v) is 10.8. The molecule has 0 saturated carbocycles. The summed E-state index contributed by atoms with van der Waals surface area (Å²) < 4.78 is 10.6. The highest BCUT2D eigenvalue weighted by atomic mass is 16.5. The van der Waals surface area contributed by atoms with Crippen molar-refractivity contribution in [1.82, 2.24) is 4.90 Å². The molecule has 1 aromatic heterocycles. The summed E-state index contributed by atoms with van der Waals surface area (Å²) in [4.78, 5) is 15.1. The van der Waals surface area contributed by atoms with Gasteiger partial charge >= 0.3 is 0 Å². The summed E-state index contributed by atoms with van der Waals surface area (Å²) in [5, 5.41) is 12.8. The number of likely N-dealkylation sites (tertiary alicyclic amines) is 1. The molecule has 1 aliphatic rings. The Kier molecular flexibility index (Phi) is 6.92. The summed E-state index contributed by atoms with van der Waals surface area (Å²) in [5.41, 5.74) is 2.74. The summed E-state index contributed by atoms with van der Waals surface area (Å²) >= 11 is 0. The van der Waals surface area contributed by atoms with Crippen LogP contribution in [0.25, 0.3) is 17.4 Å². The van der Waals surface area contributed by atoms with Crippen molar-refractivity contribution < 1.29 is 19.1 Å². The molecular weight excluding hydrogens is 404 g/mol. The lowest BCUT2D eigenvalue weighted by molar-refractivity contribution is -0.121. The van der Waals surface area contributed by atoms with Gasteiger partial charge in [0.15, 0.2) is 11.5 Å². The first-order chi connectivity index (χ1) is 15.6. The predicted molar refractivity (Wildman–Crippen MR) is 126 cm³/mol. The number of furan rings is 1. The summed E-state index contributed by atoms with van der Waals surface area (Å²) in [6.07, 6.45) is 7.63. The Hall–Kier alpha value is -3.51. The molecule has 1 unspecified atom stereocenters. The molecule has 4 rings (SSSR count). The number of phenols is 1. The minimum Gasteiger partial charge on any atom is -0.504 e. The minimum absolute atomic E-state index is 0.0318. The van der Waals surface area contributed by atoms with Crippen molar-refractivity contribution in [2.24, 2.45) is 5.92 Å². The molecule has 0 spiro atoms. The number of aromatic hydroxyl groups is 1. The zero-order valence-electron chi connectivity index (χ0n) is 18.2. The van der Waals surface area contributed by atoms with Crippen LogP contribution in [0, 0.1) is 5.92 Å². The molecule has 2 heterocycles. The normalized spacial score (nSPS) is 16.8. The summed E-state index contributed by atoms with van der Waals surface area (Å²) in [5.74, 6) is 1.43. The van der Waals surface area contributed by atoms with Crippen LogP contribution in [-0.2, 0) is 4.79 Å². The van der Waals surface area contributed by atoms with E-state index in [4.69, 9.17) is 9.15 Å². The average molecular weight is 433 g/mol. The number of rotatable bonds is 7. The molecule has 1 amide bonds. The van der Waals surface area contributed by atoms with E-state index in [0.29, 0.717) is 5.75 Å². The fourth-order valence-corrected chi connectivity index (χ4v) is 3.98. The van der Waals surface area contributed by atoms with Gasteiger partial charge in [0.2, 0.25) is 5.91 Å². The second-order valence-electron chi connectivity index (χ2n) is 7.98. The van der Waals surface area contributed by atoms with Crippen molar-refractivity contribution in [3.8, 4) is 22.8 Å². The van der Waals surface area contributed by atoms with Gasteiger partial charge in [-0.05, 0) is 73.5 Å². The van der Waals surface area contributed by atoms with Crippen LogP contribution in [-0.4, -0.2) is 42.7 Å². The van der Waals surface area contributed by atoms with Gasteiger partial charge in [0.1, 0.15) is 5.76 Å². The van der Waals surface area contributed by atoms with E-state index in [1.165, 1.54) is 7.11 Å². The van der Waals surface area contributed by atoms with Gasteiger partial charge in [-0.1, -0.05) is 18.2 Å². The van der Waals surface area contributed by atoms with Crippen LogP contribution in [0.4, 0.5) is 5.69 Å². The van der Waals surface area contributed by atoms with Gasteiger partial charge < -0.3 is 19.6 Å². The van der Waals surface area contributed by atoms with E-state index in [1.54, 1.807) is 18.4 Å². The number of hydrogen-bond donors (Lipinski definition) is 2. The lowest BCUT2D eigenvalue weighted by atomic mass is 9.97. The second kappa shape index (κ2) is 10.2. The van der Waals surface area contributed by atoms with Crippen LogP contribution in [0.3, 0.4) is 0 Å². The largest absolute Gasteiger partial charge is 0.504 e. The quantitative estimate of drug-likeness (QED) is 0.548. The third kappa shape index (κ3) is 5.39. The number of anilines is 1. The summed E-state index contributed by atoms with van der Waals surface area (Å²) in [6, 6.07) is 16.8. The highest BCUT2D eigenvalue weighted by molar-refractivity contribution is 5.93. The molecule has 1 atom stereocenters. The summed E-state index contributed by atoms with van der Waals surface area (Å²) in [7, 11) is 1.54. The Balaban J connectivity index is 1.30. The molecule has 2 N–H and O–H groups in total. The number of methoxy groups -OCH3 is 1. The maximum atomic E-state index is 12.8. The van der Waals surface area contributed by atoms with Crippen molar-refractivity contribution in [3.05, 3.63) is 72.5 Å². The lowest BCUT2D eigenvalue weighted by Crippen LogP contribution is -2.40. The number of nitrogens with one attached hydrogen (secondary N) is 1. The minimum atomic E-state index is -0.0318. The van der Waals surface area contributed by atoms with E-state index in [0.717, 1.165) is 55.1 Å². The van der Waals surface area contributed by atoms with Crippen LogP contribution in [0.2, 0.25) is 0 Å². The van der Waals surface area contributed by atoms with Crippen molar-refractivity contribution in [2.45, 2.75) is 12.8 Å². The SMILES string of the molecule is COc1cc(C=CCN2CCCC(C(=O)Nc3ccc(-c4ccco4)cc3)C2)ccc1O. The molecule has 1 fully saturated rings. The monoisotopic (exact) mass is 432 g/mol. The maximum absolute atomic E-state index is 12.8. The van der Waals surface area contributed by atoms with Crippen molar-refractivity contribution in [3.63, 3.8) is 0 Å². The molecule has 1 aliphatic heterocycles. The second-order valence-corrected chi connectivity index (χ2v) is 7.98. The van der Waals surface area contributed by atoms with Crippen molar-refractivity contribution >= 4 is 17.7 Å². The van der Waals surface area contributed by atoms with Crippen LogP contribution >= 0.6 is 0 Å². The van der Waals surface area contributed by atoms with Gasteiger partial charge in [0.25, 0.3) is 0 Å². The zero-order valence-corrected chi connectivity index (χ0v) is 18.2. The number of piperidine rings is 1. The van der Waals surface area contributed by atoms with Crippen LogP contribution in [0.15, 0.2) is 71.4 Å². The topological polar surface area (TPSA) is 74.9 Å². The maximum Gasteiger partial charge on any atom is 0.228 e. The summed E-state index contributed by atoms with van der Waals surface area (Å²) in [6.45, 7) is 2.48. The predicted octanol–water partition coefficient (Wildman–Crippen LogP) is 5.02. The Morgan fingerprint density at radius 2 is 2.09 bits per heavy atom. The number of carbonyl (C=O) groups excluding carboxylic acids is 1. The zero-order chi connectivity index (χ0) is 22.3. The standard InChI is InChI=1S/C26H28N2O4/c1-31-25-17-19(8-13-23(25)29)5-2-14-28-15-3-6-21(18-28)26(30)27-22-11-9-20(10-12-22)24-7-4-16-32-24/h2,4-5,7-13,16-17,21,29H,3,6,14-15,18H2,1H3,(H,27,30). The highest BCUT2D eigenvalue weighted by Gasteiger charge is 2.25. The van der Waals surface area contributed by atoms with E-state index < -0.39 is 0 Å². The Morgan fingerprint density at radius 1 is 1.25 bits per heavy atom. The third-order valence-corrected chi connectivity index (χ3v) is 5.71. The number of hydrogen-bond acceptors (Lipinski definition) is 5. The van der Waals surface area contributed by atoms with Crippen molar-refractivity contribution in [2.75, 3.05) is 32.1 Å². The number of amides is 1. The molecule has 2 aromatic carbocycles. The molecule has 166 valence electrons. The third-order valence-electron chi connectivity index (χ3n) is 5.71. The molecule has 0 radical (unpaired) electrons. The fraction of sp³-hybridized carbons (Fsp3) is 0.269. The van der Waals surface area contributed by atoms with Gasteiger partial charge in [0.05, 0.1) is 19.3 Å². The number of carbonyl (C=O) groups is 1. The number of nitrogens with zero attached hydrogens (tertiary/aromatic N) is 1. The molecule has 6 nitrogen and oxygen atoms in total. The van der Waals surface area contributed by atoms with E-state index >= 15 is 0 Å². The Morgan fingerprint density at radius 3 is 2.84 bits per heavy atom. The molecular formula is C26H28N2O4. The Labute approximate surface area is 188 Å². The van der Waals surface area contributed by atoms with E-state index in [2.05, 4.69) is 16.3 Å². The van der Waals surface area contributed by atoms with Gasteiger partial charge in [-0.15, -0.1) is 0 Å². The van der Waals surface area contributed by atoms with E-state index in [-0.39, 0.29) is 17.6 Å². The number of ether oxygens (including phenoxy) is 1. The average Bonchev–Trinajstić information content (AvgIpc) is 3.36. The molecule has 6 heteroatoms. The van der Waals surface area contributed by atoms with Gasteiger partial charge in [0, 0.05) is 24.3 Å². The fourth-order valence-electron chi connectivity index (χ4n) is 3.98. The smallest absolute Gasteiger partial charge is 0.228 e. The van der Waals surface area contributed by atoms with Gasteiger partial charge in [-0.2, -0.15) is 0 Å². The van der Waals surface area contributed by atoms with E-state index in [1.807, 2.05) is 48.5 Å². The van der Waals surface area contributed by atoms with Crippen molar-refractivity contribution in [1.29, 1.82) is 0 Å². The molecule has 3 aromatic rings. The Bertz CT molecular complexity index is 1060. The first kappa shape index (κ1) is 21.7. The molecule has 0 aliphatic carbocycles. The highest BCUT2D eigenvalue weighted by Crippen LogP contribution is 2.27. The van der Waals surface area contributed by atoms with E-state index in [9.17, 15) is 9.90 Å². The van der Waals surface area contributed by atoms with Gasteiger partial charge in [-0.3, -0.25) is 9.69 Å². The molecule has 0 bridgehead atoms. The molecule has 1 saturated heterocycles.